The van der Waals surface area contributed by atoms with Gasteiger partial charge in [0.05, 0.1) is 29.7 Å². The minimum Gasteiger partial charge on any atom is -0.489 e. The summed E-state index contributed by atoms with van der Waals surface area (Å²) in [5, 5.41) is 10.0. The highest BCUT2D eigenvalue weighted by Gasteiger charge is 2.26. The number of hydrogen-bond acceptors (Lipinski definition) is 5. The monoisotopic (exact) mass is 502 g/mol. The Hall–Kier alpha value is -4.33. The number of rotatable bonds is 6. The van der Waals surface area contributed by atoms with Gasteiger partial charge in [0.15, 0.2) is 0 Å². The van der Waals surface area contributed by atoms with Crippen LogP contribution in [0.4, 0.5) is 10.1 Å². The zero-order valence-electron chi connectivity index (χ0n) is 20.8. The number of anilines is 1. The third-order valence-corrected chi connectivity index (χ3v) is 6.74. The fourth-order valence-electron chi connectivity index (χ4n) is 4.94. The van der Waals surface area contributed by atoms with Crippen LogP contribution in [0.5, 0.6) is 11.5 Å². The van der Waals surface area contributed by atoms with E-state index in [-0.39, 0.29) is 24.7 Å². The summed E-state index contributed by atoms with van der Waals surface area (Å²) in [4.78, 5) is 27.0. The molecule has 0 unspecified atom stereocenters. The Labute approximate surface area is 213 Å². The van der Waals surface area contributed by atoms with E-state index in [4.69, 9.17) is 9.47 Å². The third kappa shape index (κ3) is 4.50. The molecule has 0 saturated carbocycles. The van der Waals surface area contributed by atoms with Crippen molar-refractivity contribution in [2.24, 2.45) is 0 Å². The van der Waals surface area contributed by atoms with E-state index in [1.165, 1.54) is 16.7 Å². The van der Waals surface area contributed by atoms with Crippen molar-refractivity contribution in [2.75, 3.05) is 25.1 Å². The third-order valence-electron chi connectivity index (χ3n) is 6.74. The Morgan fingerprint density at radius 3 is 2.62 bits per heavy atom. The van der Waals surface area contributed by atoms with Gasteiger partial charge in [-0.3, -0.25) is 14.2 Å². The van der Waals surface area contributed by atoms with Crippen LogP contribution in [0.15, 0.2) is 60.7 Å². The Morgan fingerprint density at radius 2 is 1.84 bits per heavy atom. The number of carbonyl (C=O) groups is 2. The molecule has 4 aromatic rings. The number of carboxylic acids is 1. The van der Waals surface area contributed by atoms with Crippen molar-refractivity contribution >= 4 is 28.5 Å². The first-order valence-electron chi connectivity index (χ1n) is 12.0. The van der Waals surface area contributed by atoms with Crippen LogP contribution in [0.3, 0.4) is 0 Å². The van der Waals surface area contributed by atoms with Gasteiger partial charge in [-0.15, -0.1) is 0 Å². The number of halogens is 1. The van der Waals surface area contributed by atoms with Gasteiger partial charge in [-0.2, -0.15) is 0 Å². The molecule has 0 aliphatic carbocycles. The van der Waals surface area contributed by atoms with Crippen molar-refractivity contribution in [3.8, 4) is 11.5 Å². The number of likely N-dealkylation sites (N-methyl/N-ethyl adjacent to an activating group) is 1. The maximum atomic E-state index is 15.3. The van der Waals surface area contributed by atoms with E-state index in [0.29, 0.717) is 40.0 Å². The van der Waals surface area contributed by atoms with Crippen LogP contribution >= 0.6 is 0 Å². The topological polar surface area (TPSA) is 81.0 Å². The van der Waals surface area contributed by atoms with Gasteiger partial charge in [0.25, 0.3) is 5.91 Å². The molecule has 1 aliphatic heterocycles. The molecule has 0 spiro atoms. The molecule has 1 aliphatic rings. The first-order chi connectivity index (χ1) is 17.7. The second kappa shape index (κ2) is 9.61. The standard InChI is InChI=1S/C29H27FN2O5/c1-17-12-22(29(35)32-18(2)21(13-28(33)34)20-8-4-5-9-24(20)32)23(30)14-27(17)36-16-19-15-31(3)25-10-6-7-11-26(25)37-19/h4-12,14,19H,13,15-16H2,1-3H3,(H,33,34)/t19-/m0/s1. The highest BCUT2D eigenvalue weighted by Crippen LogP contribution is 2.33. The Kier molecular flexibility index (Phi) is 6.33. The molecule has 1 N–H and O–H groups in total. The van der Waals surface area contributed by atoms with E-state index in [1.54, 1.807) is 38.1 Å². The van der Waals surface area contributed by atoms with Gasteiger partial charge in [0.2, 0.25) is 0 Å². The van der Waals surface area contributed by atoms with Crippen LogP contribution in [0.1, 0.15) is 27.2 Å². The average molecular weight is 503 g/mol. The molecule has 0 fully saturated rings. The van der Waals surface area contributed by atoms with Crippen LogP contribution in [-0.4, -0.2) is 47.9 Å². The van der Waals surface area contributed by atoms with E-state index in [2.05, 4.69) is 4.90 Å². The van der Waals surface area contributed by atoms with Crippen molar-refractivity contribution in [3.05, 3.63) is 88.9 Å². The highest BCUT2D eigenvalue weighted by molar-refractivity contribution is 6.05. The Morgan fingerprint density at radius 1 is 1.11 bits per heavy atom. The molecular weight excluding hydrogens is 475 g/mol. The molecule has 0 radical (unpaired) electrons. The number of carbonyl (C=O) groups excluding carboxylic acids is 1. The van der Waals surface area contributed by atoms with E-state index < -0.39 is 17.7 Å². The summed E-state index contributed by atoms with van der Waals surface area (Å²) >= 11 is 0. The predicted molar refractivity (Wildman–Crippen MR) is 139 cm³/mol. The van der Waals surface area contributed by atoms with E-state index in [0.717, 1.165) is 11.4 Å². The zero-order valence-corrected chi connectivity index (χ0v) is 20.8. The van der Waals surface area contributed by atoms with Crippen molar-refractivity contribution in [2.45, 2.75) is 26.4 Å². The van der Waals surface area contributed by atoms with E-state index >= 15 is 4.39 Å². The number of hydrogen-bond donors (Lipinski definition) is 1. The number of aromatic nitrogens is 1. The number of nitrogens with zero attached hydrogens (tertiary/aromatic N) is 2. The molecule has 3 aromatic carbocycles. The van der Waals surface area contributed by atoms with Crippen LogP contribution in [-0.2, 0) is 11.2 Å². The second-order valence-electron chi connectivity index (χ2n) is 9.29. The maximum Gasteiger partial charge on any atom is 0.307 e. The van der Waals surface area contributed by atoms with Crippen LogP contribution in [0, 0.1) is 19.7 Å². The molecule has 0 saturated heterocycles. The summed E-state index contributed by atoms with van der Waals surface area (Å²) in [6, 6.07) is 17.5. The Balaban J connectivity index is 1.40. The van der Waals surface area contributed by atoms with Gasteiger partial charge in [-0.25, -0.2) is 4.39 Å². The molecular formula is C29H27FN2O5. The molecule has 8 heteroatoms. The lowest BCUT2D eigenvalue weighted by atomic mass is 10.1. The van der Waals surface area contributed by atoms with Gasteiger partial charge in [0, 0.05) is 24.2 Å². The maximum absolute atomic E-state index is 15.3. The molecule has 0 bridgehead atoms. The highest BCUT2D eigenvalue weighted by atomic mass is 19.1. The molecule has 190 valence electrons. The summed E-state index contributed by atoms with van der Waals surface area (Å²) in [5.41, 5.74) is 3.05. The smallest absolute Gasteiger partial charge is 0.307 e. The molecule has 1 aromatic heterocycles. The summed E-state index contributed by atoms with van der Waals surface area (Å²) in [5.74, 6) is -1.18. The van der Waals surface area contributed by atoms with Crippen molar-refractivity contribution in [1.82, 2.24) is 4.57 Å². The zero-order chi connectivity index (χ0) is 26.3. The fourth-order valence-corrected chi connectivity index (χ4v) is 4.94. The molecule has 37 heavy (non-hydrogen) atoms. The normalized spacial score (nSPS) is 14.8. The van der Waals surface area contributed by atoms with Crippen molar-refractivity contribution in [1.29, 1.82) is 0 Å². The molecule has 7 nitrogen and oxygen atoms in total. The summed E-state index contributed by atoms with van der Waals surface area (Å²) in [7, 11) is 1.98. The van der Waals surface area contributed by atoms with E-state index in [9.17, 15) is 14.7 Å². The van der Waals surface area contributed by atoms with Gasteiger partial charge in [0.1, 0.15) is 30.0 Å². The SMILES string of the molecule is Cc1cc(C(=O)n2c(C)c(CC(=O)O)c3ccccc32)c(F)cc1OC[C@@H]1CN(C)c2ccccc2O1. The average Bonchev–Trinajstić information content (AvgIpc) is 3.14. The number of para-hydroxylation sites is 3. The minimum absolute atomic E-state index is 0.113. The van der Waals surface area contributed by atoms with Gasteiger partial charge in [-0.1, -0.05) is 30.3 Å². The van der Waals surface area contributed by atoms with Gasteiger partial charge >= 0.3 is 5.97 Å². The van der Waals surface area contributed by atoms with E-state index in [1.807, 2.05) is 31.3 Å². The van der Waals surface area contributed by atoms with Gasteiger partial charge < -0.3 is 19.5 Å². The molecule has 5 rings (SSSR count). The summed E-state index contributed by atoms with van der Waals surface area (Å²) < 4.78 is 28.6. The molecule has 1 atom stereocenters. The first-order valence-corrected chi connectivity index (χ1v) is 12.0. The Bertz CT molecular complexity index is 1530. The quantitative estimate of drug-likeness (QED) is 0.400. The number of fused-ring (bicyclic) bond motifs is 2. The molecule has 2 heterocycles. The van der Waals surface area contributed by atoms with Crippen LogP contribution in [0.2, 0.25) is 0 Å². The number of ether oxygens (including phenoxy) is 2. The number of benzene rings is 3. The lowest BCUT2D eigenvalue weighted by Crippen LogP contribution is -2.41. The van der Waals surface area contributed by atoms with Crippen LogP contribution in [0.25, 0.3) is 10.9 Å². The predicted octanol–water partition coefficient (Wildman–Crippen LogP) is 4.99. The second-order valence-corrected chi connectivity index (χ2v) is 9.29. The van der Waals surface area contributed by atoms with Gasteiger partial charge in [-0.05, 0) is 49.2 Å². The molecule has 0 amide bonds. The van der Waals surface area contributed by atoms with Crippen molar-refractivity contribution < 1.29 is 28.6 Å². The number of aryl methyl sites for hydroxylation is 1. The lowest BCUT2D eigenvalue weighted by Gasteiger charge is -2.33. The first kappa shape index (κ1) is 24.4. The van der Waals surface area contributed by atoms with Crippen molar-refractivity contribution in [3.63, 3.8) is 0 Å². The lowest BCUT2D eigenvalue weighted by molar-refractivity contribution is -0.136. The summed E-state index contributed by atoms with van der Waals surface area (Å²) in [6.45, 7) is 4.27. The summed E-state index contributed by atoms with van der Waals surface area (Å²) in [6.07, 6.45) is -0.477. The number of aliphatic carboxylic acids is 1. The van der Waals surface area contributed by atoms with Crippen LogP contribution < -0.4 is 14.4 Å². The minimum atomic E-state index is -1.00. The largest absolute Gasteiger partial charge is 0.489 e. The number of carboxylic acid groups (broad SMARTS) is 1. The fraction of sp³-hybridized carbons (Fsp3) is 0.241.